The molecule has 2 rings (SSSR count). The summed E-state index contributed by atoms with van der Waals surface area (Å²) in [7, 11) is 1.06. The van der Waals surface area contributed by atoms with Crippen LogP contribution in [0.25, 0.3) is 0 Å². The Morgan fingerprint density at radius 1 is 1.35 bits per heavy atom. The van der Waals surface area contributed by atoms with Crippen molar-refractivity contribution < 1.29 is 27.6 Å². The van der Waals surface area contributed by atoms with Crippen LogP contribution in [0.3, 0.4) is 0 Å². The van der Waals surface area contributed by atoms with E-state index < -0.39 is 35.0 Å². The van der Waals surface area contributed by atoms with Crippen LogP contribution in [0.15, 0.2) is 29.3 Å². The normalized spacial score (nSPS) is 21.1. The Morgan fingerprint density at radius 2 is 1.96 bits per heavy atom. The summed E-state index contributed by atoms with van der Waals surface area (Å²) in [6, 6.07) is 0.847. The van der Waals surface area contributed by atoms with Crippen molar-refractivity contribution in [3.8, 4) is 0 Å². The molecular weight excluding hydrogens is 321 g/mol. The molecule has 2 N–H and O–H groups in total. The third-order valence-electron chi connectivity index (χ3n) is 3.11. The summed E-state index contributed by atoms with van der Waals surface area (Å²) in [4.78, 5) is 25.1. The molecule has 1 aliphatic rings. The molecule has 0 amide bonds. The Balaban J connectivity index is 2.42. The third kappa shape index (κ3) is 3.56. The molecule has 23 heavy (non-hydrogen) atoms. The van der Waals surface area contributed by atoms with Gasteiger partial charge in [0, 0.05) is 12.1 Å². The van der Waals surface area contributed by atoms with E-state index in [-0.39, 0.29) is 11.3 Å². The fourth-order valence-electron chi connectivity index (χ4n) is 1.99. The monoisotopic (exact) mass is 332 g/mol. The molecule has 1 aromatic rings. The number of nitrogens with zero attached hydrogens (tertiary/aromatic N) is 2. The van der Waals surface area contributed by atoms with E-state index in [4.69, 9.17) is 0 Å². The molecular formula is C12H11F3N4O4. The summed E-state index contributed by atoms with van der Waals surface area (Å²) in [6.07, 6.45) is -4.66. The van der Waals surface area contributed by atoms with Gasteiger partial charge in [-0.25, -0.2) is 10.2 Å². The van der Waals surface area contributed by atoms with E-state index in [2.05, 4.69) is 15.2 Å². The van der Waals surface area contributed by atoms with Crippen molar-refractivity contribution in [1.82, 2.24) is 10.9 Å². The largest absolute Gasteiger partial charge is 0.463 e. The summed E-state index contributed by atoms with van der Waals surface area (Å²) in [5, 5.41) is 10.6. The Labute approximate surface area is 127 Å². The SMILES string of the molecule is COC(=O)C1=N[C@H](c2ccc([N+](=O)[O-])cc2)[C@@H](C(F)(F)F)NN1. The molecule has 1 aromatic carbocycles. The molecule has 0 saturated heterocycles. The summed E-state index contributed by atoms with van der Waals surface area (Å²) in [6.45, 7) is 0. The number of aliphatic imine (C=N–C) groups is 1. The fraction of sp³-hybridized carbons (Fsp3) is 0.333. The van der Waals surface area contributed by atoms with Crippen molar-refractivity contribution in [3.63, 3.8) is 0 Å². The Hall–Kier alpha value is -2.69. The van der Waals surface area contributed by atoms with E-state index in [1.165, 1.54) is 0 Å². The minimum Gasteiger partial charge on any atom is -0.463 e. The van der Waals surface area contributed by atoms with E-state index in [1.54, 1.807) is 0 Å². The van der Waals surface area contributed by atoms with Gasteiger partial charge in [0.1, 0.15) is 12.1 Å². The molecule has 2 atom stereocenters. The van der Waals surface area contributed by atoms with Crippen LogP contribution < -0.4 is 10.9 Å². The molecule has 11 heteroatoms. The number of amidine groups is 1. The van der Waals surface area contributed by atoms with E-state index in [9.17, 15) is 28.1 Å². The number of non-ortho nitro benzene ring substituents is 1. The number of ether oxygens (including phenoxy) is 1. The first kappa shape index (κ1) is 16.7. The highest BCUT2D eigenvalue weighted by atomic mass is 19.4. The second-order valence-electron chi connectivity index (χ2n) is 4.55. The number of esters is 1. The quantitative estimate of drug-likeness (QED) is 0.490. The van der Waals surface area contributed by atoms with Crippen LogP contribution >= 0.6 is 0 Å². The molecule has 0 bridgehead atoms. The number of nitro groups is 1. The highest BCUT2D eigenvalue weighted by Crippen LogP contribution is 2.34. The summed E-state index contributed by atoms with van der Waals surface area (Å²) in [5.74, 6) is -1.36. The van der Waals surface area contributed by atoms with Crippen LogP contribution in [0.4, 0.5) is 18.9 Å². The van der Waals surface area contributed by atoms with Gasteiger partial charge in [0.15, 0.2) is 0 Å². The van der Waals surface area contributed by atoms with Gasteiger partial charge in [0.25, 0.3) is 5.69 Å². The van der Waals surface area contributed by atoms with Crippen molar-refractivity contribution in [3.05, 3.63) is 39.9 Å². The summed E-state index contributed by atoms with van der Waals surface area (Å²) < 4.78 is 43.7. The minimum atomic E-state index is -4.66. The van der Waals surface area contributed by atoms with Crippen molar-refractivity contribution in [2.24, 2.45) is 4.99 Å². The molecule has 0 aromatic heterocycles. The third-order valence-corrected chi connectivity index (χ3v) is 3.11. The average molecular weight is 332 g/mol. The van der Waals surface area contributed by atoms with Gasteiger partial charge in [-0.05, 0) is 17.7 Å². The maximum Gasteiger partial charge on any atom is 0.408 e. The molecule has 0 unspecified atom stereocenters. The second-order valence-corrected chi connectivity index (χ2v) is 4.55. The predicted molar refractivity (Wildman–Crippen MR) is 71.4 cm³/mol. The number of benzene rings is 1. The van der Waals surface area contributed by atoms with Gasteiger partial charge in [-0.15, -0.1) is 0 Å². The molecule has 0 aliphatic carbocycles. The standard InChI is InChI=1S/C12H11F3N4O4/c1-23-11(20)10-16-8(9(17-18-10)12(13,14)15)6-2-4-7(5-3-6)19(21)22/h2-5,8-9,17H,1H3,(H,16,18)/t8-,9+/m1/s1. The van der Waals surface area contributed by atoms with E-state index in [1.807, 2.05) is 5.43 Å². The average Bonchev–Trinajstić information content (AvgIpc) is 2.52. The van der Waals surface area contributed by atoms with Crippen molar-refractivity contribution in [1.29, 1.82) is 0 Å². The number of carbonyl (C=O) groups is 1. The summed E-state index contributed by atoms with van der Waals surface area (Å²) >= 11 is 0. The second kappa shape index (κ2) is 6.20. The minimum absolute atomic E-state index is 0.0633. The van der Waals surface area contributed by atoms with Crippen molar-refractivity contribution in [2.45, 2.75) is 18.3 Å². The van der Waals surface area contributed by atoms with Crippen molar-refractivity contribution >= 4 is 17.5 Å². The molecule has 0 fully saturated rings. The molecule has 8 nitrogen and oxygen atoms in total. The number of hydrogen-bond acceptors (Lipinski definition) is 7. The van der Waals surface area contributed by atoms with Gasteiger partial charge in [-0.3, -0.25) is 20.5 Å². The molecule has 124 valence electrons. The zero-order chi connectivity index (χ0) is 17.2. The van der Waals surface area contributed by atoms with E-state index >= 15 is 0 Å². The van der Waals surface area contributed by atoms with Crippen LogP contribution in [0.5, 0.6) is 0 Å². The zero-order valence-electron chi connectivity index (χ0n) is 11.6. The van der Waals surface area contributed by atoms with Gasteiger partial charge in [-0.1, -0.05) is 0 Å². The number of nitrogens with one attached hydrogen (secondary N) is 2. The predicted octanol–water partition coefficient (Wildman–Crippen LogP) is 1.25. The van der Waals surface area contributed by atoms with Gasteiger partial charge < -0.3 is 4.74 Å². The topological polar surface area (TPSA) is 106 Å². The van der Waals surface area contributed by atoms with E-state index in [0.29, 0.717) is 0 Å². The lowest BCUT2D eigenvalue weighted by Crippen LogP contribution is -2.59. The van der Waals surface area contributed by atoms with Crippen LogP contribution in [0.2, 0.25) is 0 Å². The lowest BCUT2D eigenvalue weighted by atomic mass is 9.98. The van der Waals surface area contributed by atoms with Crippen LogP contribution in [-0.4, -0.2) is 36.1 Å². The lowest BCUT2D eigenvalue weighted by Gasteiger charge is -2.32. The Bertz CT molecular complexity index is 645. The molecule has 0 spiro atoms. The lowest BCUT2D eigenvalue weighted by molar-refractivity contribution is -0.384. The van der Waals surface area contributed by atoms with E-state index in [0.717, 1.165) is 31.4 Å². The van der Waals surface area contributed by atoms with Crippen LogP contribution in [-0.2, 0) is 9.53 Å². The number of halogens is 3. The first-order chi connectivity index (χ1) is 10.7. The first-order valence-electron chi connectivity index (χ1n) is 6.22. The number of alkyl halides is 3. The zero-order valence-corrected chi connectivity index (χ0v) is 11.6. The maximum absolute atomic E-state index is 13.1. The number of rotatable bonds is 3. The molecule has 0 saturated carbocycles. The molecule has 1 heterocycles. The number of hydrazine groups is 1. The van der Waals surface area contributed by atoms with Gasteiger partial charge in [0.2, 0.25) is 5.84 Å². The fourth-order valence-corrected chi connectivity index (χ4v) is 1.99. The number of hydrogen-bond donors (Lipinski definition) is 2. The first-order valence-corrected chi connectivity index (χ1v) is 6.22. The number of methoxy groups -OCH3 is 1. The van der Waals surface area contributed by atoms with Crippen molar-refractivity contribution in [2.75, 3.05) is 7.11 Å². The Kier molecular flexibility index (Phi) is 4.50. The van der Waals surface area contributed by atoms with Gasteiger partial charge >= 0.3 is 12.1 Å². The van der Waals surface area contributed by atoms with Gasteiger partial charge in [-0.2, -0.15) is 13.2 Å². The molecule has 1 aliphatic heterocycles. The van der Waals surface area contributed by atoms with Crippen LogP contribution in [0, 0.1) is 10.1 Å². The highest BCUT2D eigenvalue weighted by molar-refractivity contribution is 6.35. The number of carbonyl (C=O) groups excluding carboxylic acids is 1. The van der Waals surface area contributed by atoms with Crippen LogP contribution in [0.1, 0.15) is 11.6 Å². The smallest absolute Gasteiger partial charge is 0.408 e. The van der Waals surface area contributed by atoms with Gasteiger partial charge in [0.05, 0.1) is 12.0 Å². The maximum atomic E-state index is 13.1. The number of nitro benzene ring substituents is 1. The summed E-state index contributed by atoms with van der Waals surface area (Å²) in [5.41, 5.74) is 3.82. The highest BCUT2D eigenvalue weighted by Gasteiger charge is 2.48. The molecule has 0 radical (unpaired) electrons. The Morgan fingerprint density at radius 3 is 2.43 bits per heavy atom.